The minimum Gasteiger partial charge on any atom is -0.381 e. The largest absolute Gasteiger partial charge is 0.381 e. The lowest BCUT2D eigenvalue weighted by Gasteiger charge is -2.30. The van der Waals surface area contributed by atoms with Crippen molar-refractivity contribution in [3.63, 3.8) is 0 Å². The Bertz CT molecular complexity index is 531. The third-order valence-electron chi connectivity index (χ3n) is 4.13. The predicted molar refractivity (Wildman–Crippen MR) is 93.0 cm³/mol. The molecule has 0 aromatic carbocycles. The number of nitrogens with two attached hydrogens (primary N) is 1. The number of hydrogen-bond donors (Lipinski definition) is 2. The Morgan fingerprint density at radius 3 is 2.50 bits per heavy atom. The average molecular weight is 336 g/mol. The van der Waals surface area contributed by atoms with Crippen molar-refractivity contribution in [3.8, 4) is 0 Å². The highest BCUT2D eigenvalue weighted by Crippen LogP contribution is 2.24. The van der Waals surface area contributed by atoms with Crippen molar-refractivity contribution in [1.29, 1.82) is 0 Å². The monoisotopic (exact) mass is 336 g/mol. The van der Waals surface area contributed by atoms with E-state index in [2.05, 4.69) is 20.3 Å². The van der Waals surface area contributed by atoms with Gasteiger partial charge in [-0.25, -0.2) is 0 Å². The van der Waals surface area contributed by atoms with Crippen LogP contribution in [0.3, 0.4) is 0 Å². The zero-order valence-corrected chi connectivity index (χ0v) is 15.0. The molecule has 0 spiro atoms. The molecule has 1 amide bonds. The molecule has 24 heavy (non-hydrogen) atoms. The quantitative estimate of drug-likeness (QED) is 0.769. The molecule has 0 aliphatic carbocycles. The van der Waals surface area contributed by atoms with Gasteiger partial charge in [0.15, 0.2) is 0 Å². The first-order valence-corrected chi connectivity index (χ1v) is 8.42. The summed E-state index contributed by atoms with van der Waals surface area (Å²) in [4.78, 5) is 26.8. The first kappa shape index (κ1) is 18.4. The summed E-state index contributed by atoms with van der Waals surface area (Å²) < 4.78 is 5.41. The average Bonchev–Trinajstić information content (AvgIpc) is 2.54. The number of nitrogens with one attached hydrogen (secondary N) is 1. The molecule has 1 aromatic heterocycles. The number of hydrogen-bond acceptors (Lipinski definition) is 7. The Morgan fingerprint density at radius 2 is 1.96 bits per heavy atom. The maximum absolute atomic E-state index is 11.5. The van der Waals surface area contributed by atoms with E-state index in [1.165, 1.54) is 0 Å². The maximum atomic E-state index is 11.5. The number of carbonyl (C=O) groups is 1. The lowest BCUT2D eigenvalue weighted by atomic mass is 9.89. The Labute approximate surface area is 143 Å². The van der Waals surface area contributed by atoms with E-state index in [1.54, 1.807) is 0 Å². The number of carbonyl (C=O) groups excluding carboxylic acids is 1. The highest BCUT2D eigenvalue weighted by Gasteiger charge is 2.26. The fourth-order valence-corrected chi connectivity index (χ4v) is 2.74. The number of amides is 1. The van der Waals surface area contributed by atoms with Gasteiger partial charge in [0.2, 0.25) is 17.8 Å². The molecule has 3 N–H and O–H groups in total. The summed E-state index contributed by atoms with van der Waals surface area (Å²) in [6.07, 6.45) is 2.05. The van der Waals surface area contributed by atoms with Crippen LogP contribution in [0.2, 0.25) is 0 Å². The van der Waals surface area contributed by atoms with E-state index in [0.717, 1.165) is 18.7 Å². The summed E-state index contributed by atoms with van der Waals surface area (Å²) in [5.74, 6) is 1.99. The molecular weight excluding hydrogens is 308 g/mol. The van der Waals surface area contributed by atoms with Crippen LogP contribution in [0.5, 0.6) is 0 Å². The van der Waals surface area contributed by atoms with Gasteiger partial charge >= 0.3 is 0 Å². The molecule has 134 valence electrons. The van der Waals surface area contributed by atoms with E-state index < -0.39 is 0 Å². The SMILES string of the molecule is CC(C)c1nc(NC(CC(N)=O)C2CCOCC2)nc(N(C)C)n1. The van der Waals surface area contributed by atoms with E-state index in [1.807, 2.05) is 32.8 Å². The molecule has 1 saturated heterocycles. The van der Waals surface area contributed by atoms with E-state index in [9.17, 15) is 4.79 Å². The number of ether oxygens (including phenoxy) is 1. The van der Waals surface area contributed by atoms with Crippen LogP contribution in [-0.2, 0) is 9.53 Å². The summed E-state index contributed by atoms with van der Waals surface area (Å²) in [7, 11) is 3.78. The van der Waals surface area contributed by atoms with E-state index in [0.29, 0.717) is 31.0 Å². The van der Waals surface area contributed by atoms with Crippen molar-refractivity contribution >= 4 is 17.8 Å². The van der Waals surface area contributed by atoms with Gasteiger partial charge in [0.25, 0.3) is 0 Å². The Balaban J connectivity index is 2.24. The predicted octanol–water partition coefficient (Wildman–Crippen LogP) is 1.14. The van der Waals surface area contributed by atoms with Crippen molar-refractivity contribution in [2.75, 3.05) is 37.5 Å². The van der Waals surface area contributed by atoms with E-state index >= 15 is 0 Å². The number of anilines is 2. The topological polar surface area (TPSA) is 106 Å². The second kappa shape index (κ2) is 8.23. The van der Waals surface area contributed by atoms with Crippen molar-refractivity contribution in [2.24, 2.45) is 11.7 Å². The van der Waals surface area contributed by atoms with Gasteiger partial charge in [0, 0.05) is 45.7 Å². The Morgan fingerprint density at radius 1 is 1.29 bits per heavy atom. The molecule has 1 unspecified atom stereocenters. The molecule has 1 aliphatic rings. The lowest BCUT2D eigenvalue weighted by molar-refractivity contribution is -0.118. The van der Waals surface area contributed by atoms with Crippen LogP contribution in [0.4, 0.5) is 11.9 Å². The van der Waals surface area contributed by atoms with Crippen LogP contribution >= 0.6 is 0 Å². The Hall–Kier alpha value is -1.96. The molecule has 8 heteroatoms. The molecule has 1 aromatic rings. The summed E-state index contributed by atoms with van der Waals surface area (Å²) in [6.45, 7) is 5.49. The van der Waals surface area contributed by atoms with Crippen LogP contribution in [0.25, 0.3) is 0 Å². The van der Waals surface area contributed by atoms with Gasteiger partial charge < -0.3 is 20.7 Å². The van der Waals surface area contributed by atoms with Gasteiger partial charge in [0.1, 0.15) is 5.82 Å². The summed E-state index contributed by atoms with van der Waals surface area (Å²) >= 11 is 0. The minimum atomic E-state index is -0.329. The maximum Gasteiger partial charge on any atom is 0.229 e. The zero-order chi connectivity index (χ0) is 17.7. The number of primary amides is 1. The summed E-state index contributed by atoms with van der Waals surface area (Å²) in [6, 6.07) is -0.0937. The van der Waals surface area contributed by atoms with Gasteiger partial charge in [-0.1, -0.05) is 13.8 Å². The van der Waals surface area contributed by atoms with Gasteiger partial charge in [-0.15, -0.1) is 0 Å². The molecule has 1 atom stereocenters. The number of nitrogens with zero attached hydrogens (tertiary/aromatic N) is 4. The first-order chi connectivity index (χ1) is 11.4. The molecule has 1 aliphatic heterocycles. The Kier molecular flexibility index (Phi) is 6.30. The molecule has 1 fully saturated rings. The van der Waals surface area contributed by atoms with Gasteiger partial charge in [0.05, 0.1) is 0 Å². The van der Waals surface area contributed by atoms with Gasteiger partial charge in [-0.2, -0.15) is 15.0 Å². The third kappa shape index (κ3) is 5.02. The lowest BCUT2D eigenvalue weighted by Crippen LogP contribution is -2.37. The summed E-state index contributed by atoms with van der Waals surface area (Å²) in [5, 5.41) is 3.33. The van der Waals surface area contributed by atoms with Crippen LogP contribution in [0.1, 0.15) is 44.9 Å². The second-order valence-corrected chi connectivity index (χ2v) is 6.74. The smallest absolute Gasteiger partial charge is 0.229 e. The van der Waals surface area contributed by atoms with Crippen molar-refractivity contribution in [1.82, 2.24) is 15.0 Å². The van der Waals surface area contributed by atoms with Gasteiger partial charge in [-0.05, 0) is 18.8 Å². The van der Waals surface area contributed by atoms with Crippen LogP contribution in [0.15, 0.2) is 0 Å². The molecule has 0 bridgehead atoms. The van der Waals surface area contributed by atoms with Crippen LogP contribution in [-0.4, -0.2) is 54.2 Å². The van der Waals surface area contributed by atoms with Crippen molar-refractivity contribution in [3.05, 3.63) is 5.82 Å². The van der Waals surface area contributed by atoms with Crippen molar-refractivity contribution < 1.29 is 9.53 Å². The van der Waals surface area contributed by atoms with Crippen molar-refractivity contribution in [2.45, 2.75) is 45.1 Å². The molecule has 8 nitrogen and oxygen atoms in total. The van der Waals surface area contributed by atoms with E-state index in [4.69, 9.17) is 10.5 Å². The van der Waals surface area contributed by atoms with E-state index in [-0.39, 0.29) is 24.3 Å². The first-order valence-electron chi connectivity index (χ1n) is 8.42. The fourth-order valence-electron chi connectivity index (χ4n) is 2.74. The zero-order valence-electron chi connectivity index (χ0n) is 15.0. The highest BCUT2D eigenvalue weighted by molar-refractivity contribution is 5.74. The minimum absolute atomic E-state index is 0.0937. The normalized spacial score (nSPS) is 16.9. The molecule has 2 rings (SSSR count). The number of aromatic nitrogens is 3. The van der Waals surface area contributed by atoms with Crippen LogP contribution in [0, 0.1) is 5.92 Å². The third-order valence-corrected chi connectivity index (χ3v) is 4.13. The second-order valence-electron chi connectivity index (χ2n) is 6.74. The molecule has 0 radical (unpaired) electrons. The molecule has 2 heterocycles. The summed E-state index contributed by atoms with van der Waals surface area (Å²) in [5.41, 5.74) is 5.44. The number of rotatable bonds is 7. The highest BCUT2D eigenvalue weighted by atomic mass is 16.5. The van der Waals surface area contributed by atoms with Crippen LogP contribution < -0.4 is 16.0 Å². The van der Waals surface area contributed by atoms with Gasteiger partial charge in [-0.3, -0.25) is 4.79 Å². The molecular formula is C16H28N6O2. The molecule has 0 saturated carbocycles. The standard InChI is InChI=1S/C16H28N6O2/c1-10(2)14-19-15(21-16(20-14)22(3)4)18-12(9-13(17)23)11-5-7-24-8-6-11/h10-12H,5-9H2,1-4H3,(H2,17,23)(H,18,19,20,21). The fraction of sp³-hybridized carbons (Fsp3) is 0.750.